The summed E-state index contributed by atoms with van der Waals surface area (Å²) < 4.78 is 54.1. The molecule has 5 rings (SSSR count). The molecule has 2 fully saturated rings. The van der Waals surface area contributed by atoms with Crippen molar-refractivity contribution in [2.24, 2.45) is 0 Å². The number of anilines is 1. The zero-order valence-corrected chi connectivity index (χ0v) is 24.3. The van der Waals surface area contributed by atoms with Crippen molar-refractivity contribution in [1.29, 1.82) is 0 Å². The molecule has 0 unspecified atom stereocenters. The number of carbonyl (C=O) groups is 1. The Bertz CT molecular complexity index is 1460. The highest BCUT2D eigenvalue weighted by Crippen LogP contribution is 2.37. The largest absolute Gasteiger partial charge is 0.394 e. The third kappa shape index (κ3) is 6.12. The van der Waals surface area contributed by atoms with E-state index in [4.69, 9.17) is 32.7 Å². The van der Waals surface area contributed by atoms with Crippen molar-refractivity contribution in [1.82, 2.24) is 15.0 Å². The maximum Gasteiger partial charge on any atom is 0.259 e. The van der Waals surface area contributed by atoms with Crippen molar-refractivity contribution in [2.75, 3.05) is 18.6 Å². The van der Waals surface area contributed by atoms with E-state index in [0.29, 0.717) is 18.5 Å². The van der Waals surface area contributed by atoms with Crippen LogP contribution < -0.4 is 4.90 Å². The molecule has 0 bridgehead atoms. The van der Waals surface area contributed by atoms with Gasteiger partial charge in [-0.3, -0.25) is 4.79 Å². The van der Waals surface area contributed by atoms with Crippen LogP contribution in [0, 0.1) is 17.5 Å². The normalized spacial score (nSPS) is 27.7. The Morgan fingerprint density at radius 2 is 1.81 bits per heavy atom. The standard InChI is InChI=1S/C28H29Cl2F3N4O6/c1-42-26-24(36-11-19(34-35-36)13-8-17(31)23(33)18(32)9-13)25(40)22(12-38)43-27(26)28(41)37(20-4-2-3-5-21(20)39)14-6-7-15(29)16(30)10-14/h6-11,20-22,24-27,38-40H,2-5,12H2,1H3/t20-,21-,22+,24-,25-,26+,27+/m0/s1. The molecule has 1 saturated heterocycles. The van der Waals surface area contributed by atoms with Crippen molar-refractivity contribution in [3.05, 3.63) is 64.0 Å². The van der Waals surface area contributed by atoms with Gasteiger partial charge in [-0.05, 0) is 43.2 Å². The van der Waals surface area contributed by atoms with Gasteiger partial charge in [-0.15, -0.1) is 5.10 Å². The minimum Gasteiger partial charge on any atom is -0.394 e. The summed E-state index contributed by atoms with van der Waals surface area (Å²) in [5.41, 5.74) is 0.162. The van der Waals surface area contributed by atoms with Crippen LogP contribution in [-0.2, 0) is 14.3 Å². The van der Waals surface area contributed by atoms with E-state index in [0.717, 1.165) is 29.7 Å². The van der Waals surface area contributed by atoms with Crippen LogP contribution in [-0.4, -0.2) is 86.5 Å². The fourth-order valence-electron chi connectivity index (χ4n) is 5.76. The molecule has 2 heterocycles. The van der Waals surface area contributed by atoms with Gasteiger partial charge in [0.1, 0.15) is 30.0 Å². The number of carbonyl (C=O) groups excluding carboxylic acids is 1. The summed E-state index contributed by atoms with van der Waals surface area (Å²) >= 11 is 12.4. The SMILES string of the molecule is CO[C@@H]1[C@@H](n2cc(-c3cc(F)c(F)c(F)c3)nn2)[C@@H](O)[C@@H](CO)O[C@H]1C(=O)N(c1ccc(Cl)c(Cl)c1)[C@H]1CCCC[C@@H]1O. The lowest BCUT2D eigenvalue weighted by molar-refractivity contribution is -0.211. The lowest BCUT2D eigenvalue weighted by Crippen LogP contribution is -2.63. The van der Waals surface area contributed by atoms with E-state index >= 15 is 0 Å². The average Bonchev–Trinajstić information content (AvgIpc) is 3.48. The number of halogens is 5. The van der Waals surface area contributed by atoms with Crippen molar-refractivity contribution in [3.63, 3.8) is 0 Å². The van der Waals surface area contributed by atoms with Gasteiger partial charge in [0.15, 0.2) is 23.6 Å². The molecule has 1 amide bonds. The fourth-order valence-corrected chi connectivity index (χ4v) is 6.06. The Morgan fingerprint density at radius 1 is 1.12 bits per heavy atom. The van der Waals surface area contributed by atoms with E-state index in [-0.39, 0.29) is 21.3 Å². The first kappa shape index (κ1) is 31.6. The Balaban J connectivity index is 1.54. The minimum atomic E-state index is -1.64. The van der Waals surface area contributed by atoms with E-state index in [9.17, 15) is 33.3 Å². The molecule has 2 aromatic carbocycles. The lowest BCUT2D eigenvalue weighted by Gasteiger charge is -2.46. The molecule has 1 aliphatic carbocycles. The Kier molecular flexibility index (Phi) is 9.61. The summed E-state index contributed by atoms with van der Waals surface area (Å²) in [6, 6.07) is 4.24. The highest BCUT2D eigenvalue weighted by atomic mass is 35.5. The third-order valence-electron chi connectivity index (χ3n) is 7.92. The van der Waals surface area contributed by atoms with Crippen LogP contribution in [0.3, 0.4) is 0 Å². The molecule has 43 heavy (non-hydrogen) atoms. The maximum absolute atomic E-state index is 14.4. The van der Waals surface area contributed by atoms with E-state index in [1.54, 1.807) is 6.07 Å². The first-order valence-electron chi connectivity index (χ1n) is 13.6. The second kappa shape index (κ2) is 13.1. The molecule has 3 aromatic rings. The molecule has 0 radical (unpaired) electrons. The number of aromatic nitrogens is 3. The van der Waals surface area contributed by atoms with E-state index in [1.165, 1.54) is 30.3 Å². The number of aliphatic hydroxyl groups excluding tert-OH is 3. The topological polar surface area (TPSA) is 130 Å². The molecule has 2 aliphatic rings. The highest BCUT2D eigenvalue weighted by molar-refractivity contribution is 6.42. The molecule has 7 atom stereocenters. The Hall–Kier alpha value is -2.78. The molecule has 15 heteroatoms. The predicted molar refractivity (Wildman–Crippen MR) is 149 cm³/mol. The number of nitrogens with zero attached hydrogens (tertiary/aromatic N) is 4. The summed E-state index contributed by atoms with van der Waals surface area (Å²) in [7, 11) is 1.29. The molecule has 1 aliphatic heterocycles. The third-order valence-corrected chi connectivity index (χ3v) is 8.66. The lowest BCUT2D eigenvalue weighted by atomic mass is 9.88. The summed E-state index contributed by atoms with van der Waals surface area (Å²) in [5.74, 6) is -5.14. The van der Waals surface area contributed by atoms with Gasteiger partial charge in [-0.2, -0.15) is 0 Å². The number of hydrogen-bond donors (Lipinski definition) is 3. The quantitative estimate of drug-likeness (QED) is 0.332. The van der Waals surface area contributed by atoms with Gasteiger partial charge in [0.25, 0.3) is 5.91 Å². The van der Waals surface area contributed by atoms with Crippen LogP contribution >= 0.6 is 23.2 Å². The van der Waals surface area contributed by atoms with Crippen LogP contribution in [0.1, 0.15) is 31.7 Å². The van der Waals surface area contributed by atoms with Gasteiger partial charge >= 0.3 is 0 Å². The molecular weight excluding hydrogens is 616 g/mol. The molecule has 10 nitrogen and oxygen atoms in total. The zero-order chi connectivity index (χ0) is 31.0. The Labute approximate surface area is 254 Å². The first-order chi connectivity index (χ1) is 20.5. The van der Waals surface area contributed by atoms with Crippen LogP contribution in [0.5, 0.6) is 0 Å². The van der Waals surface area contributed by atoms with Gasteiger partial charge < -0.3 is 29.7 Å². The molecule has 232 valence electrons. The van der Waals surface area contributed by atoms with Gasteiger partial charge in [0.05, 0.1) is 35.0 Å². The second-order valence-corrected chi connectivity index (χ2v) is 11.3. The van der Waals surface area contributed by atoms with E-state index < -0.39 is 72.6 Å². The summed E-state index contributed by atoms with van der Waals surface area (Å²) in [4.78, 5) is 15.8. The number of ether oxygens (including phenoxy) is 2. The zero-order valence-electron chi connectivity index (χ0n) is 22.8. The number of benzene rings is 2. The summed E-state index contributed by atoms with van der Waals surface area (Å²) in [6.45, 7) is -0.688. The highest BCUT2D eigenvalue weighted by Gasteiger charge is 2.52. The molecule has 1 aromatic heterocycles. The van der Waals surface area contributed by atoms with Gasteiger partial charge in [0.2, 0.25) is 0 Å². The van der Waals surface area contributed by atoms with Crippen molar-refractivity contribution in [2.45, 2.75) is 68.3 Å². The van der Waals surface area contributed by atoms with Gasteiger partial charge in [-0.25, -0.2) is 17.9 Å². The van der Waals surface area contributed by atoms with Crippen molar-refractivity contribution < 1.29 is 42.8 Å². The summed E-state index contributed by atoms with van der Waals surface area (Å²) in [5, 5.41) is 40.5. The van der Waals surface area contributed by atoms with Crippen LogP contribution in [0.25, 0.3) is 11.3 Å². The molecule has 3 N–H and O–H groups in total. The molecular formula is C28H29Cl2F3N4O6. The number of rotatable bonds is 7. The summed E-state index contributed by atoms with van der Waals surface area (Å²) in [6.07, 6.45) is -2.58. The maximum atomic E-state index is 14.4. The van der Waals surface area contributed by atoms with Gasteiger partial charge in [-0.1, -0.05) is 41.3 Å². The van der Waals surface area contributed by atoms with Crippen LogP contribution in [0.4, 0.5) is 18.9 Å². The van der Waals surface area contributed by atoms with E-state index in [1.807, 2.05) is 0 Å². The number of aliphatic hydroxyl groups is 3. The van der Waals surface area contributed by atoms with Crippen LogP contribution in [0.2, 0.25) is 10.0 Å². The number of amides is 1. The Morgan fingerprint density at radius 3 is 2.44 bits per heavy atom. The fraction of sp³-hybridized carbons (Fsp3) is 0.464. The monoisotopic (exact) mass is 644 g/mol. The van der Waals surface area contributed by atoms with Gasteiger partial charge in [0, 0.05) is 18.4 Å². The van der Waals surface area contributed by atoms with Crippen molar-refractivity contribution >= 4 is 34.8 Å². The van der Waals surface area contributed by atoms with Crippen LogP contribution in [0.15, 0.2) is 36.5 Å². The number of hydrogen-bond acceptors (Lipinski definition) is 8. The average molecular weight is 645 g/mol. The van der Waals surface area contributed by atoms with E-state index in [2.05, 4.69) is 10.3 Å². The molecule has 1 saturated carbocycles. The first-order valence-corrected chi connectivity index (χ1v) is 14.3. The minimum absolute atomic E-state index is 0.0578. The van der Waals surface area contributed by atoms with Crippen molar-refractivity contribution in [3.8, 4) is 11.3 Å². The number of methoxy groups -OCH3 is 1. The second-order valence-electron chi connectivity index (χ2n) is 10.5. The smallest absolute Gasteiger partial charge is 0.259 e. The predicted octanol–water partition coefficient (Wildman–Crippen LogP) is 3.68. The molecule has 0 spiro atoms.